The highest BCUT2D eigenvalue weighted by atomic mass is 32.2. The summed E-state index contributed by atoms with van der Waals surface area (Å²) in [6.07, 6.45) is 1.26. The van der Waals surface area contributed by atoms with E-state index in [1.807, 2.05) is 0 Å². The molecule has 0 fully saturated rings. The van der Waals surface area contributed by atoms with E-state index in [0.29, 0.717) is 17.1 Å². The monoisotopic (exact) mass is 335 g/mol. The smallest absolute Gasteiger partial charge is 0.276 e. The molecule has 0 spiro atoms. The van der Waals surface area contributed by atoms with E-state index < -0.39 is 10.0 Å². The van der Waals surface area contributed by atoms with Crippen molar-refractivity contribution in [3.8, 4) is 17.1 Å². The van der Waals surface area contributed by atoms with Crippen LogP contribution in [0.15, 0.2) is 34.2 Å². The van der Waals surface area contributed by atoms with Crippen LogP contribution in [0.3, 0.4) is 0 Å². The van der Waals surface area contributed by atoms with E-state index in [-0.39, 0.29) is 21.6 Å². The van der Waals surface area contributed by atoms with Gasteiger partial charge in [0.2, 0.25) is 10.0 Å². The lowest BCUT2D eigenvalue weighted by molar-refractivity contribution is 0.415. The maximum atomic E-state index is 11.9. The summed E-state index contributed by atoms with van der Waals surface area (Å²) in [4.78, 5) is 25.3. The maximum absolute atomic E-state index is 11.9. The van der Waals surface area contributed by atoms with Crippen molar-refractivity contribution in [1.29, 1.82) is 0 Å². The quantitative estimate of drug-likeness (QED) is 0.626. The zero-order valence-electron chi connectivity index (χ0n) is 12.2. The first-order chi connectivity index (χ1) is 11.0. The largest absolute Gasteiger partial charge is 0.496 e. The van der Waals surface area contributed by atoms with Crippen LogP contribution in [0.4, 0.5) is 0 Å². The number of hydrogen-bond acceptors (Lipinski definition) is 6. The Balaban J connectivity index is 2.19. The summed E-state index contributed by atoms with van der Waals surface area (Å²) in [6.45, 7) is 0. The van der Waals surface area contributed by atoms with E-state index in [2.05, 4.69) is 24.7 Å². The molecule has 0 atom stereocenters. The van der Waals surface area contributed by atoms with Gasteiger partial charge in [-0.3, -0.25) is 4.79 Å². The fraction of sp³-hybridized carbons (Fsp3) is 0.154. The Morgan fingerprint density at radius 2 is 2.09 bits per heavy atom. The minimum Gasteiger partial charge on any atom is -0.496 e. The van der Waals surface area contributed by atoms with Crippen molar-refractivity contribution < 1.29 is 13.2 Å². The predicted molar refractivity (Wildman–Crippen MR) is 82.7 cm³/mol. The second-order valence-corrected chi connectivity index (χ2v) is 6.47. The second kappa shape index (κ2) is 5.48. The molecule has 0 unspecified atom stereocenters. The van der Waals surface area contributed by atoms with Gasteiger partial charge in [-0.1, -0.05) is 0 Å². The van der Waals surface area contributed by atoms with Crippen molar-refractivity contribution in [3.05, 3.63) is 34.9 Å². The third-order valence-corrected chi connectivity index (χ3v) is 4.71. The van der Waals surface area contributed by atoms with Crippen LogP contribution < -0.4 is 15.0 Å². The first-order valence-electron chi connectivity index (χ1n) is 6.51. The molecule has 10 heteroatoms. The van der Waals surface area contributed by atoms with E-state index in [9.17, 15) is 13.2 Å². The number of sulfonamides is 1. The Labute approximate surface area is 130 Å². The molecule has 0 amide bonds. The number of imidazole rings is 1. The number of hydrogen-bond donors (Lipinski definition) is 3. The molecule has 0 aliphatic carbocycles. The Kier molecular flexibility index (Phi) is 3.62. The molecule has 0 saturated carbocycles. The normalized spacial score (nSPS) is 11.7. The van der Waals surface area contributed by atoms with Crippen LogP contribution >= 0.6 is 0 Å². The molecule has 0 radical (unpaired) electrons. The molecule has 120 valence electrons. The Morgan fingerprint density at radius 1 is 1.30 bits per heavy atom. The van der Waals surface area contributed by atoms with Crippen LogP contribution in [0.5, 0.6) is 5.75 Å². The summed E-state index contributed by atoms with van der Waals surface area (Å²) in [6, 6.07) is 4.36. The van der Waals surface area contributed by atoms with Gasteiger partial charge in [-0.25, -0.2) is 23.1 Å². The van der Waals surface area contributed by atoms with Crippen molar-refractivity contribution in [2.75, 3.05) is 14.2 Å². The van der Waals surface area contributed by atoms with Crippen molar-refractivity contribution in [2.45, 2.75) is 4.90 Å². The molecule has 1 aromatic carbocycles. The lowest BCUT2D eigenvalue weighted by Crippen LogP contribution is -2.18. The average Bonchev–Trinajstić information content (AvgIpc) is 2.99. The van der Waals surface area contributed by atoms with Gasteiger partial charge >= 0.3 is 0 Å². The molecular formula is C13H13N5O4S. The Bertz CT molecular complexity index is 1040. The fourth-order valence-corrected chi connectivity index (χ4v) is 2.86. The van der Waals surface area contributed by atoms with E-state index in [0.717, 1.165) is 0 Å². The highest BCUT2D eigenvalue weighted by Crippen LogP contribution is 2.30. The van der Waals surface area contributed by atoms with Crippen LogP contribution in [0.25, 0.3) is 22.6 Å². The number of methoxy groups -OCH3 is 1. The number of nitrogens with zero attached hydrogens (tertiary/aromatic N) is 2. The summed E-state index contributed by atoms with van der Waals surface area (Å²) < 4.78 is 31.2. The molecule has 0 saturated heterocycles. The number of benzene rings is 1. The van der Waals surface area contributed by atoms with Crippen LogP contribution in [-0.4, -0.2) is 42.5 Å². The zero-order valence-corrected chi connectivity index (χ0v) is 13.1. The van der Waals surface area contributed by atoms with Gasteiger partial charge < -0.3 is 14.7 Å². The molecule has 0 aliphatic rings. The van der Waals surface area contributed by atoms with Gasteiger partial charge in [-0.2, -0.15) is 0 Å². The highest BCUT2D eigenvalue weighted by Gasteiger charge is 2.17. The molecular weight excluding hydrogens is 322 g/mol. The first-order valence-corrected chi connectivity index (χ1v) is 8.00. The number of rotatable bonds is 4. The number of aromatic amines is 2. The van der Waals surface area contributed by atoms with Crippen LogP contribution in [0, 0.1) is 0 Å². The second-order valence-electron chi connectivity index (χ2n) is 4.59. The van der Waals surface area contributed by atoms with Crippen LogP contribution in [0.1, 0.15) is 0 Å². The zero-order chi connectivity index (χ0) is 16.6. The van der Waals surface area contributed by atoms with Crippen molar-refractivity contribution in [2.24, 2.45) is 0 Å². The summed E-state index contributed by atoms with van der Waals surface area (Å²) in [5.41, 5.74) is 0.663. The number of nitrogens with one attached hydrogen (secondary N) is 3. The molecule has 0 aliphatic heterocycles. The van der Waals surface area contributed by atoms with E-state index in [4.69, 9.17) is 4.74 Å². The third-order valence-electron chi connectivity index (χ3n) is 3.30. The standard InChI is InChI=1S/C13H13N5O4S/c1-14-23(20,21)7-3-4-8(9(5-7)22-2)11-17-10-12(18-11)15-6-16-13(10)19/h3-6,14H,1-2H3,(H2,15,16,17,18,19). The van der Waals surface area contributed by atoms with Crippen LogP contribution in [-0.2, 0) is 10.0 Å². The van der Waals surface area contributed by atoms with Gasteiger partial charge in [0, 0.05) is 6.07 Å². The lowest BCUT2D eigenvalue weighted by Gasteiger charge is -2.09. The molecule has 3 aromatic rings. The Hall–Kier alpha value is -2.72. The van der Waals surface area contributed by atoms with Crippen molar-refractivity contribution in [1.82, 2.24) is 24.7 Å². The minimum atomic E-state index is -3.59. The van der Waals surface area contributed by atoms with E-state index >= 15 is 0 Å². The fourth-order valence-electron chi connectivity index (χ4n) is 2.12. The van der Waals surface area contributed by atoms with Gasteiger partial charge in [0.25, 0.3) is 5.56 Å². The van der Waals surface area contributed by atoms with Gasteiger partial charge in [-0.05, 0) is 19.2 Å². The molecule has 2 heterocycles. The Morgan fingerprint density at radius 3 is 2.74 bits per heavy atom. The first kappa shape index (κ1) is 15.2. The molecule has 0 bridgehead atoms. The lowest BCUT2D eigenvalue weighted by atomic mass is 10.2. The van der Waals surface area contributed by atoms with E-state index in [1.165, 1.54) is 32.6 Å². The number of aromatic nitrogens is 4. The molecule has 2 aromatic heterocycles. The third kappa shape index (κ3) is 2.58. The molecule has 9 nitrogen and oxygen atoms in total. The van der Waals surface area contributed by atoms with Crippen molar-refractivity contribution >= 4 is 21.2 Å². The average molecular weight is 335 g/mol. The molecule has 3 rings (SSSR count). The number of fused-ring (bicyclic) bond motifs is 1. The number of ether oxygens (including phenoxy) is 1. The summed E-state index contributed by atoms with van der Waals surface area (Å²) in [5, 5.41) is 0. The summed E-state index contributed by atoms with van der Waals surface area (Å²) >= 11 is 0. The van der Waals surface area contributed by atoms with E-state index in [1.54, 1.807) is 6.07 Å². The van der Waals surface area contributed by atoms with Gasteiger partial charge in [-0.15, -0.1) is 0 Å². The summed E-state index contributed by atoms with van der Waals surface area (Å²) in [7, 11) is -0.844. The van der Waals surface area contributed by atoms with Gasteiger partial charge in [0.05, 0.1) is 23.9 Å². The summed E-state index contributed by atoms with van der Waals surface area (Å²) in [5.74, 6) is 0.659. The maximum Gasteiger partial charge on any atom is 0.276 e. The topological polar surface area (TPSA) is 130 Å². The minimum absolute atomic E-state index is 0.0627. The van der Waals surface area contributed by atoms with Crippen LogP contribution in [0.2, 0.25) is 0 Å². The molecule has 3 N–H and O–H groups in total. The van der Waals surface area contributed by atoms with Gasteiger partial charge in [0.15, 0.2) is 11.2 Å². The predicted octanol–water partition coefficient (Wildman–Crippen LogP) is 0.230. The number of H-pyrrole nitrogens is 2. The van der Waals surface area contributed by atoms with Gasteiger partial charge in [0.1, 0.15) is 11.6 Å². The molecule has 23 heavy (non-hydrogen) atoms. The SMILES string of the molecule is CNS(=O)(=O)c1ccc(-c2nc3nc[nH]c(=O)c3[nH]2)c(OC)c1. The highest BCUT2D eigenvalue weighted by molar-refractivity contribution is 7.89. The van der Waals surface area contributed by atoms with Crippen molar-refractivity contribution in [3.63, 3.8) is 0 Å².